The molecule has 0 saturated heterocycles. The highest BCUT2D eigenvalue weighted by Gasteiger charge is 2.35. The van der Waals surface area contributed by atoms with Crippen molar-refractivity contribution < 1.29 is 4.74 Å². The summed E-state index contributed by atoms with van der Waals surface area (Å²) in [6, 6.07) is 0. The molecule has 0 aliphatic heterocycles. The van der Waals surface area contributed by atoms with Gasteiger partial charge in [0.05, 0.1) is 0 Å². The first kappa shape index (κ1) is 14.9. The van der Waals surface area contributed by atoms with Crippen LogP contribution in [0.5, 0.6) is 0 Å². The molecule has 116 valence electrons. The molecule has 1 saturated carbocycles. The summed E-state index contributed by atoms with van der Waals surface area (Å²) in [5, 5.41) is 3.30. The summed E-state index contributed by atoms with van der Waals surface area (Å²) < 4.78 is 5.92. The second-order valence-electron chi connectivity index (χ2n) is 6.47. The van der Waals surface area contributed by atoms with Gasteiger partial charge in [-0.15, -0.1) is 0 Å². The Morgan fingerprint density at radius 3 is 2.76 bits per heavy atom. The molecule has 1 aromatic rings. The Balaban J connectivity index is 1.84. The van der Waals surface area contributed by atoms with Gasteiger partial charge >= 0.3 is 0 Å². The van der Waals surface area contributed by atoms with Gasteiger partial charge in [0, 0.05) is 18.0 Å². The van der Waals surface area contributed by atoms with E-state index in [1.807, 2.05) is 7.05 Å². The minimum absolute atomic E-state index is 0.119. The lowest BCUT2D eigenvalue weighted by Crippen LogP contribution is -2.27. The molecule has 0 bridgehead atoms. The molecule has 0 aromatic carbocycles. The third kappa shape index (κ3) is 3.27. The Hall–Kier alpha value is -1.00. The maximum atomic E-state index is 5.92. The highest BCUT2D eigenvalue weighted by atomic mass is 16.5. The molecule has 0 radical (unpaired) electrons. The van der Waals surface area contributed by atoms with Gasteiger partial charge in [-0.05, 0) is 76.9 Å². The van der Waals surface area contributed by atoms with Crippen LogP contribution in [0.25, 0.3) is 0 Å². The largest absolute Gasteiger partial charge is 0.370 e. The molecule has 1 N–H and O–H groups in total. The number of hydrogen-bond acceptors (Lipinski definition) is 4. The van der Waals surface area contributed by atoms with Crippen LogP contribution in [0, 0.1) is 18.8 Å². The van der Waals surface area contributed by atoms with Crippen molar-refractivity contribution in [1.82, 2.24) is 15.3 Å². The van der Waals surface area contributed by atoms with Gasteiger partial charge in [0.1, 0.15) is 6.10 Å². The Morgan fingerprint density at radius 1 is 1.29 bits per heavy atom. The number of aryl methyl sites for hydroxylation is 2. The standard InChI is InChI=1S/C17H27N3O/c1-4-21-16(13-6-7-13)17-19-11(2)14-9-12(10-18-3)5-8-15(14)20-17/h12-13,16,18H,4-10H2,1-3H3. The van der Waals surface area contributed by atoms with Crippen molar-refractivity contribution in [1.29, 1.82) is 0 Å². The van der Waals surface area contributed by atoms with Crippen LogP contribution in [0.2, 0.25) is 0 Å². The van der Waals surface area contributed by atoms with Gasteiger partial charge in [-0.1, -0.05) is 0 Å². The van der Waals surface area contributed by atoms with Crippen LogP contribution in [0.4, 0.5) is 0 Å². The van der Waals surface area contributed by atoms with Crippen LogP contribution < -0.4 is 5.32 Å². The number of ether oxygens (including phenoxy) is 1. The summed E-state index contributed by atoms with van der Waals surface area (Å²) in [5.74, 6) is 2.30. The van der Waals surface area contributed by atoms with Crippen molar-refractivity contribution in [3.05, 3.63) is 22.8 Å². The molecule has 0 spiro atoms. The zero-order valence-electron chi connectivity index (χ0n) is 13.5. The Kier molecular flexibility index (Phi) is 4.55. The minimum Gasteiger partial charge on any atom is -0.370 e. The molecule has 4 heteroatoms. The third-order valence-corrected chi connectivity index (χ3v) is 4.74. The smallest absolute Gasteiger partial charge is 0.157 e. The van der Waals surface area contributed by atoms with Crippen molar-refractivity contribution in [2.45, 2.75) is 52.1 Å². The lowest BCUT2D eigenvalue weighted by Gasteiger charge is -2.26. The summed E-state index contributed by atoms with van der Waals surface area (Å²) in [6.07, 6.45) is 6.07. The van der Waals surface area contributed by atoms with E-state index in [1.165, 1.54) is 36.2 Å². The number of nitrogens with one attached hydrogen (secondary N) is 1. The highest BCUT2D eigenvalue weighted by Crippen LogP contribution is 2.42. The van der Waals surface area contributed by atoms with Crippen LogP contribution in [-0.4, -0.2) is 30.2 Å². The zero-order chi connectivity index (χ0) is 14.8. The number of fused-ring (bicyclic) bond motifs is 1. The van der Waals surface area contributed by atoms with Crippen molar-refractivity contribution in [2.24, 2.45) is 11.8 Å². The molecular formula is C17H27N3O. The van der Waals surface area contributed by atoms with Crippen LogP contribution in [0.3, 0.4) is 0 Å². The summed E-state index contributed by atoms with van der Waals surface area (Å²) in [5.41, 5.74) is 3.83. The van der Waals surface area contributed by atoms with Gasteiger partial charge in [-0.25, -0.2) is 9.97 Å². The molecule has 2 aliphatic carbocycles. The molecule has 2 atom stereocenters. The predicted octanol–water partition coefficient (Wildman–Crippen LogP) is 2.60. The van der Waals surface area contributed by atoms with E-state index in [2.05, 4.69) is 19.2 Å². The normalized spacial score (nSPS) is 22.9. The van der Waals surface area contributed by atoms with E-state index < -0.39 is 0 Å². The molecule has 0 amide bonds. The average molecular weight is 289 g/mol. The first-order chi connectivity index (χ1) is 10.2. The summed E-state index contributed by atoms with van der Waals surface area (Å²) in [6.45, 7) is 6.03. The van der Waals surface area contributed by atoms with Gasteiger partial charge < -0.3 is 10.1 Å². The van der Waals surface area contributed by atoms with Crippen LogP contribution in [0.1, 0.15) is 55.1 Å². The van der Waals surface area contributed by atoms with Gasteiger partial charge in [-0.2, -0.15) is 0 Å². The maximum absolute atomic E-state index is 5.92. The van der Waals surface area contributed by atoms with E-state index in [1.54, 1.807) is 0 Å². The summed E-state index contributed by atoms with van der Waals surface area (Å²) >= 11 is 0. The molecular weight excluding hydrogens is 262 g/mol. The molecule has 3 rings (SSSR count). The topological polar surface area (TPSA) is 47.0 Å². The zero-order valence-corrected chi connectivity index (χ0v) is 13.5. The van der Waals surface area contributed by atoms with Crippen LogP contribution in [0.15, 0.2) is 0 Å². The first-order valence-electron chi connectivity index (χ1n) is 8.35. The third-order valence-electron chi connectivity index (χ3n) is 4.74. The SMILES string of the molecule is CCOC(c1nc(C)c2c(n1)CCC(CNC)C2)C1CC1. The quantitative estimate of drug-likeness (QED) is 0.874. The first-order valence-corrected chi connectivity index (χ1v) is 8.35. The number of hydrogen-bond donors (Lipinski definition) is 1. The lowest BCUT2D eigenvalue weighted by atomic mass is 9.85. The van der Waals surface area contributed by atoms with Crippen molar-refractivity contribution in [3.63, 3.8) is 0 Å². The number of rotatable bonds is 6. The van der Waals surface area contributed by atoms with Gasteiger partial charge in [0.15, 0.2) is 5.82 Å². The van der Waals surface area contributed by atoms with Crippen LogP contribution >= 0.6 is 0 Å². The number of nitrogens with zero attached hydrogens (tertiary/aromatic N) is 2. The second-order valence-corrected chi connectivity index (χ2v) is 6.47. The second kappa shape index (κ2) is 6.41. The fourth-order valence-electron chi connectivity index (χ4n) is 3.47. The van der Waals surface area contributed by atoms with Crippen molar-refractivity contribution in [2.75, 3.05) is 20.2 Å². The van der Waals surface area contributed by atoms with Gasteiger partial charge in [-0.3, -0.25) is 0 Å². The van der Waals surface area contributed by atoms with E-state index in [0.29, 0.717) is 5.92 Å². The van der Waals surface area contributed by atoms with E-state index in [9.17, 15) is 0 Å². The fourth-order valence-corrected chi connectivity index (χ4v) is 3.47. The average Bonchev–Trinajstić information content (AvgIpc) is 3.30. The number of aromatic nitrogens is 2. The summed E-state index contributed by atoms with van der Waals surface area (Å²) in [7, 11) is 2.03. The minimum atomic E-state index is 0.119. The molecule has 21 heavy (non-hydrogen) atoms. The molecule has 1 heterocycles. The Bertz CT molecular complexity index is 499. The van der Waals surface area contributed by atoms with E-state index in [-0.39, 0.29) is 6.10 Å². The Labute approximate surface area is 127 Å². The van der Waals surface area contributed by atoms with E-state index in [0.717, 1.165) is 37.7 Å². The van der Waals surface area contributed by atoms with Gasteiger partial charge in [0.25, 0.3) is 0 Å². The van der Waals surface area contributed by atoms with Crippen LogP contribution in [-0.2, 0) is 17.6 Å². The molecule has 4 nitrogen and oxygen atoms in total. The molecule has 2 unspecified atom stereocenters. The van der Waals surface area contributed by atoms with Gasteiger partial charge in [0.2, 0.25) is 0 Å². The highest BCUT2D eigenvalue weighted by molar-refractivity contribution is 5.29. The van der Waals surface area contributed by atoms with E-state index >= 15 is 0 Å². The Morgan fingerprint density at radius 2 is 2.10 bits per heavy atom. The molecule has 1 aromatic heterocycles. The van der Waals surface area contributed by atoms with E-state index in [4.69, 9.17) is 14.7 Å². The van der Waals surface area contributed by atoms with Crippen molar-refractivity contribution in [3.8, 4) is 0 Å². The fraction of sp³-hybridized carbons (Fsp3) is 0.765. The molecule has 2 aliphatic rings. The maximum Gasteiger partial charge on any atom is 0.157 e. The lowest BCUT2D eigenvalue weighted by molar-refractivity contribution is 0.0396. The predicted molar refractivity (Wildman–Crippen MR) is 83.3 cm³/mol. The molecule has 1 fully saturated rings. The van der Waals surface area contributed by atoms with Crippen molar-refractivity contribution >= 4 is 0 Å². The monoisotopic (exact) mass is 289 g/mol. The summed E-state index contributed by atoms with van der Waals surface area (Å²) in [4.78, 5) is 9.70.